The average molecular weight is 289 g/mol. The molecule has 20 heavy (non-hydrogen) atoms. The van der Waals surface area contributed by atoms with E-state index >= 15 is 0 Å². The summed E-state index contributed by atoms with van der Waals surface area (Å²) in [5.41, 5.74) is 7.99. The molecule has 0 saturated heterocycles. The zero-order chi connectivity index (χ0) is 14.5. The molecule has 0 aliphatic heterocycles. The standard InChI is InChI=1S/C16H17ClN2O/c1-2-13(11-7-9-12(17)10-8-11)16(20)19-15-6-4-3-5-14(15)18/h3-10,13H,2,18H2,1H3,(H,19,20). The Balaban J connectivity index is 2.18. The SMILES string of the molecule is CCC(C(=O)Nc1ccccc1N)c1ccc(Cl)cc1. The summed E-state index contributed by atoms with van der Waals surface area (Å²) in [5.74, 6) is -0.278. The van der Waals surface area contributed by atoms with Gasteiger partial charge in [-0.05, 0) is 36.2 Å². The summed E-state index contributed by atoms with van der Waals surface area (Å²) in [4.78, 5) is 12.4. The van der Waals surface area contributed by atoms with Gasteiger partial charge in [-0.2, -0.15) is 0 Å². The van der Waals surface area contributed by atoms with Crippen molar-refractivity contribution in [3.8, 4) is 0 Å². The lowest BCUT2D eigenvalue weighted by Crippen LogP contribution is -2.21. The summed E-state index contributed by atoms with van der Waals surface area (Å²) >= 11 is 5.87. The second-order valence-corrected chi connectivity index (χ2v) is 5.03. The van der Waals surface area contributed by atoms with Crippen molar-refractivity contribution in [1.82, 2.24) is 0 Å². The van der Waals surface area contributed by atoms with Crippen molar-refractivity contribution in [2.75, 3.05) is 11.1 Å². The van der Waals surface area contributed by atoms with Crippen LogP contribution in [0.2, 0.25) is 5.02 Å². The highest BCUT2D eigenvalue weighted by Gasteiger charge is 2.19. The molecular formula is C16H17ClN2O. The first kappa shape index (κ1) is 14.4. The van der Waals surface area contributed by atoms with Crippen LogP contribution in [0.3, 0.4) is 0 Å². The maximum atomic E-state index is 12.4. The number of para-hydroxylation sites is 2. The fourth-order valence-corrected chi connectivity index (χ4v) is 2.22. The molecule has 0 spiro atoms. The number of hydrogen-bond acceptors (Lipinski definition) is 2. The predicted molar refractivity (Wildman–Crippen MR) is 84.0 cm³/mol. The third-order valence-electron chi connectivity index (χ3n) is 3.22. The van der Waals surface area contributed by atoms with Gasteiger partial charge >= 0.3 is 0 Å². The van der Waals surface area contributed by atoms with Crippen LogP contribution < -0.4 is 11.1 Å². The highest BCUT2D eigenvalue weighted by molar-refractivity contribution is 6.30. The molecule has 3 nitrogen and oxygen atoms in total. The Morgan fingerprint density at radius 2 is 1.85 bits per heavy atom. The van der Waals surface area contributed by atoms with Crippen LogP contribution in [0, 0.1) is 0 Å². The third kappa shape index (κ3) is 3.31. The quantitative estimate of drug-likeness (QED) is 0.834. The maximum absolute atomic E-state index is 12.4. The number of nitrogen functional groups attached to an aromatic ring is 1. The van der Waals surface area contributed by atoms with E-state index in [1.807, 2.05) is 31.2 Å². The molecule has 0 heterocycles. The van der Waals surface area contributed by atoms with E-state index in [4.69, 9.17) is 17.3 Å². The first-order valence-electron chi connectivity index (χ1n) is 6.52. The molecule has 1 atom stereocenters. The summed E-state index contributed by atoms with van der Waals surface area (Å²) in [5, 5.41) is 3.54. The first-order chi connectivity index (χ1) is 9.61. The lowest BCUT2D eigenvalue weighted by Gasteiger charge is -2.16. The molecule has 0 aliphatic rings. The Morgan fingerprint density at radius 1 is 1.20 bits per heavy atom. The number of nitrogens with two attached hydrogens (primary N) is 1. The summed E-state index contributed by atoms with van der Waals surface area (Å²) in [6, 6.07) is 14.6. The number of rotatable bonds is 4. The molecular weight excluding hydrogens is 272 g/mol. The third-order valence-corrected chi connectivity index (χ3v) is 3.47. The van der Waals surface area contributed by atoms with Gasteiger partial charge in [0.2, 0.25) is 5.91 Å². The van der Waals surface area contributed by atoms with E-state index in [0.717, 1.165) is 5.56 Å². The highest BCUT2D eigenvalue weighted by atomic mass is 35.5. The van der Waals surface area contributed by atoms with Crippen molar-refractivity contribution in [1.29, 1.82) is 0 Å². The maximum Gasteiger partial charge on any atom is 0.231 e. The van der Waals surface area contributed by atoms with Crippen molar-refractivity contribution in [3.63, 3.8) is 0 Å². The Morgan fingerprint density at radius 3 is 2.45 bits per heavy atom. The monoisotopic (exact) mass is 288 g/mol. The van der Waals surface area contributed by atoms with Gasteiger partial charge in [-0.1, -0.05) is 42.8 Å². The van der Waals surface area contributed by atoms with E-state index in [9.17, 15) is 4.79 Å². The zero-order valence-electron chi connectivity index (χ0n) is 11.3. The molecule has 1 unspecified atom stereocenters. The molecule has 2 aromatic rings. The number of carbonyl (C=O) groups excluding carboxylic acids is 1. The van der Waals surface area contributed by atoms with Crippen molar-refractivity contribution in [2.45, 2.75) is 19.3 Å². The van der Waals surface area contributed by atoms with E-state index in [2.05, 4.69) is 5.32 Å². The van der Waals surface area contributed by atoms with Crippen molar-refractivity contribution >= 4 is 28.9 Å². The minimum atomic E-state index is -0.216. The number of amides is 1. The number of halogens is 1. The van der Waals surface area contributed by atoms with Gasteiger partial charge in [0, 0.05) is 5.02 Å². The Labute approximate surface area is 123 Å². The predicted octanol–water partition coefficient (Wildman–Crippen LogP) is 4.05. The van der Waals surface area contributed by atoms with Crippen molar-refractivity contribution in [3.05, 3.63) is 59.1 Å². The molecule has 0 bridgehead atoms. The molecule has 0 radical (unpaired) electrons. The van der Waals surface area contributed by atoms with E-state index in [-0.39, 0.29) is 11.8 Å². The molecule has 3 N–H and O–H groups in total. The van der Waals surface area contributed by atoms with Crippen LogP contribution in [-0.2, 0) is 4.79 Å². The minimum absolute atomic E-state index is 0.0623. The van der Waals surface area contributed by atoms with E-state index in [0.29, 0.717) is 22.8 Å². The van der Waals surface area contributed by atoms with Crippen LogP contribution in [0.15, 0.2) is 48.5 Å². The van der Waals surface area contributed by atoms with Gasteiger partial charge in [0.05, 0.1) is 17.3 Å². The second kappa shape index (κ2) is 6.44. The van der Waals surface area contributed by atoms with Crippen LogP contribution in [0.25, 0.3) is 0 Å². The van der Waals surface area contributed by atoms with Gasteiger partial charge in [-0.3, -0.25) is 4.79 Å². The van der Waals surface area contributed by atoms with Gasteiger partial charge in [0.1, 0.15) is 0 Å². The molecule has 104 valence electrons. The Hall–Kier alpha value is -2.00. The van der Waals surface area contributed by atoms with E-state index in [1.54, 1.807) is 24.3 Å². The molecule has 4 heteroatoms. The van der Waals surface area contributed by atoms with E-state index < -0.39 is 0 Å². The van der Waals surface area contributed by atoms with Crippen molar-refractivity contribution in [2.24, 2.45) is 0 Å². The second-order valence-electron chi connectivity index (χ2n) is 4.59. The van der Waals surface area contributed by atoms with Gasteiger partial charge in [0.25, 0.3) is 0 Å². The molecule has 0 fully saturated rings. The van der Waals surface area contributed by atoms with Crippen LogP contribution in [0.4, 0.5) is 11.4 Å². The van der Waals surface area contributed by atoms with Gasteiger partial charge in [-0.15, -0.1) is 0 Å². The van der Waals surface area contributed by atoms with Crippen LogP contribution in [-0.4, -0.2) is 5.91 Å². The number of benzene rings is 2. The Kier molecular flexibility index (Phi) is 4.64. The minimum Gasteiger partial charge on any atom is -0.397 e. The summed E-state index contributed by atoms with van der Waals surface area (Å²) in [6.45, 7) is 1.98. The van der Waals surface area contributed by atoms with Gasteiger partial charge in [-0.25, -0.2) is 0 Å². The van der Waals surface area contributed by atoms with Crippen LogP contribution >= 0.6 is 11.6 Å². The topological polar surface area (TPSA) is 55.1 Å². The molecule has 0 aliphatic carbocycles. The van der Waals surface area contributed by atoms with E-state index in [1.165, 1.54) is 0 Å². The zero-order valence-corrected chi connectivity index (χ0v) is 12.0. The molecule has 2 rings (SSSR count). The molecule has 2 aromatic carbocycles. The van der Waals surface area contributed by atoms with Crippen LogP contribution in [0.5, 0.6) is 0 Å². The molecule has 0 saturated carbocycles. The largest absolute Gasteiger partial charge is 0.397 e. The fourth-order valence-electron chi connectivity index (χ4n) is 2.10. The molecule has 1 amide bonds. The lowest BCUT2D eigenvalue weighted by molar-refractivity contribution is -0.117. The van der Waals surface area contributed by atoms with Crippen molar-refractivity contribution < 1.29 is 4.79 Å². The average Bonchev–Trinajstić information content (AvgIpc) is 2.44. The number of anilines is 2. The normalized spacial score (nSPS) is 11.9. The molecule has 0 aromatic heterocycles. The number of hydrogen-bond donors (Lipinski definition) is 2. The highest BCUT2D eigenvalue weighted by Crippen LogP contribution is 2.25. The summed E-state index contributed by atoms with van der Waals surface area (Å²) in [7, 11) is 0. The smallest absolute Gasteiger partial charge is 0.231 e. The Bertz CT molecular complexity index is 596. The van der Waals surface area contributed by atoms with Gasteiger partial charge in [0.15, 0.2) is 0 Å². The lowest BCUT2D eigenvalue weighted by atomic mass is 9.95. The van der Waals surface area contributed by atoms with Crippen LogP contribution in [0.1, 0.15) is 24.8 Å². The fraction of sp³-hybridized carbons (Fsp3) is 0.188. The summed E-state index contributed by atoms with van der Waals surface area (Å²) < 4.78 is 0. The first-order valence-corrected chi connectivity index (χ1v) is 6.90. The van der Waals surface area contributed by atoms with Gasteiger partial charge < -0.3 is 11.1 Å². The number of carbonyl (C=O) groups is 1. The summed E-state index contributed by atoms with van der Waals surface area (Å²) in [6.07, 6.45) is 0.709. The number of nitrogens with one attached hydrogen (secondary N) is 1.